The molecule has 1 aliphatic heterocycles. The third-order valence-electron chi connectivity index (χ3n) is 7.20. The number of H-pyrrole nitrogens is 1. The number of esters is 1. The molecule has 4 aromatic rings. The molecule has 0 unspecified atom stereocenters. The maximum atomic E-state index is 13.9. The van der Waals surface area contributed by atoms with Crippen molar-refractivity contribution in [1.82, 2.24) is 20.5 Å². The fourth-order valence-corrected chi connectivity index (χ4v) is 5.65. The van der Waals surface area contributed by atoms with E-state index in [9.17, 15) is 19.2 Å². The Kier molecular flexibility index (Phi) is 8.82. The number of benzene rings is 2. The second-order valence-electron chi connectivity index (χ2n) is 9.79. The van der Waals surface area contributed by atoms with Gasteiger partial charge in [0.2, 0.25) is 5.91 Å². The number of carbonyl (C=O) groups is 4. The number of anilines is 1. The minimum absolute atomic E-state index is 0.0649. The van der Waals surface area contributed by atoms with Gasteiger partial charge in [0.15, 0.2) is 5.76 Å². The summed E-state index contributed by atoms with van der Waals surface area (Å²) in [5, 5.41) is 9.34. The van der Waals surface area contributed by atoms with E-state index in [2.05, 4.69) is 20.9 Å². The number of para-hydroxylation sites is 1. The number of ether oxygens (including phenoxy) is 1. The largest absolute Gasteiger partial charge is 0.467 e. The maximum absolute atomic E-state index is 13.9. The van der Waals surface area contributed by atoms with Crippen LogP contribution in [0.1, 0.15) is 22.5 Å². The molecule has 0 spiro atoms. The number of hydrogen-bond donors (Lipinski definition) is 4. The minimum atomic E-state index is -1.11. The SMILES string of the molecule is COC(=O)[C@@H](Cc1c[nH]c2ccccc12)NC(=O)[C@@H]1[C@@H](NC(=O)Nc2cccc(SC)c2)CCN1C(=O)c1ccco1. The highest BCUT2D eigenvalue weighted by Crippen LogP contribution is 2.24. The van der Waals surface area contributed by atoms with Gasteiger partial charge < -0.3 is 35.0 Å². The van der Waals surface area contributed by atoms with E-state index in [0.717, 1.165) is 21.4 Å². The number of thioether (sulfide) groups is 1. The predicted octanol–water partition coefficient (Wildman–Crippen LogP) is 3.79. The van der Waals surface area contributed by atoms with E-state index >= 15 is 0 Å². The summed E-state index contributed by atoms with van der Waals surface area (Å²) in [6, 6.07) is 14.7. The molecular weight excluding hydrogens is 558 g/mol. The predicted molar refractivity (Wildman–Crippen MR) is 158 cm³/mol. The van der Waals surface area contributed by atoms with E-state index in [0.29, 0.717) is 12.1 Å². The zero-order chi connectivity index (χ0) is 29.6. The van der Waals surface area contributed by atoms with Crippen molar-refractivity contribution in [3.8, 4) is 0 Å². The number of furan rings is 1. The van der Waals surface area contributed by atoms with E-state index in [1.54, 1.807) is 30.1 Å². The molecule has 3 heterocycles. The number of methoxy groups -OCH3 is 1. The van der Waals surface area contributed by atoms with Crippen LogP contribution in [-0.2, 0) is 20.7 Å². The summed E-state index contributed by atoms with van der Waals surface area (Å²) in [7, 11) is 1.25. The maximum Gasteiger partial charge on any atom is 0.328 e. The number of urea groups is 1. The highest BCUT2D eigenvalue weighted by molar-refractivity contribution is 7.98. The smallest absolute Gasteiger partial charge is 0.328 e. The summed E-state index contributed by atoms with van der Waals surface area (Å²) in [6.07, 6.45) is 5.57. The van der Waals surface area contributed by atoms with Crippen LogP contribution in [0.4, 0.5) is 10.5 Å². The van der Waals surface area contributed by atoms with Crippen molar-refractivity contribution in [3.05, 3.63) is 84.4 Å². The molecule has 0 saturated carbocycles. The van der Waals surface area contributed by atoms with Gasteiger partial charge in [0, 0.05) is 40.6 Å². The summed E-state index contributed by atoms with van der Waals surface area (Å²) >= 11 is 1.54. The molecule has 1 saturated heterocycles. The Morgan fingerprint density at radius 1 is 1.12 bits per heavy atom. The Morgan fingerprint density at radius 3 is 2.71 bits per heavy atom. The van der Waals surface area contributed by atoms with Crippen molar-refractivity contribution in [1.29, 1.82) is 0 Å². The average molecular weight is 590 g/mol. The highest BCUT2D eigenvalue weighted by atomic mass is 32.2. The van der Waals surface area contributed by atoms with E-state index in [1.807, 2.05) is 48.7 Å². The molecule has 0 radical (unpaired) electrons. The van der Waals surface area contributed by atoms with Gasteiger partial charge in [-0.15, -0.1) is 11.8 Å². The van der Waals surface area contributed by atoms with E-state index in [-0.39, 0.29) is 18.7 Å². The van der Waals surface area contributed by atoms with Crippen LogP contribution in [0.2, 0.25) is 0 Å². The topological polar surface area (TPSA) is 146 Å². The number of nitrogens with one attached hydrogen (secondary N) is 4. The van der Waals surface area contributed by atoms with Crippen molar-refractivity contribution in [2.45, 2.75) is 35.9 Å². The van der Waals surface area contributed by atoms with Crippen molar-refractivity contribution in [2.75, 3.05) is 25.2 Å². The van der Waals surface area contributed by atoms with Crippen LogP contribution in [0, 0.1) is 0 Å². The molecule has 2 aromatic carbocycles. The van der Waals surface area contributed by atoms with Crippen LogP contribution in [0.15, 0.2) is 82.4 Å². The number of hydrogen-bond acceptors (Lipinski definition) is 7. The molecule has 11 nitrogen and oxygen atoms in total. The number of likely N-dealkylation sites (tertiary alicyclic amines) is 1. The summed E-state index contributed by atoms with van der Waals surface area (Å²) in [6.45, 7) is 0.190. The number of fused-ring (bicyclic) bond motifs is 1. The van der Waals surface area contributed by atoms with E-state index in [4.69, 9.17) is 9.15 Å². The molecule has 42 heavy (non-hydrogen) atoms. The van der Waals surface area contributed by atoms with Gasteiger partial charge in [0.1, 0.15) is 12.1 Å². The first-order chi connectivity index (χ1) is 20.4. The third-order valence-corrected chi connectivity index (χ3v) is 7.93. The number of nitrogens with zero attached hydrogens (tertiary/aromatic N) is 1. The van der Waals surface area contributed by atoms with Crippen LogP contribution in [0.3, 0.4) is 0 Å². The Morgan fingerprint density at radius 2 is 1.95 bits per heavy atom. The summed E-state index contributed by atoms with van der Waals surface area (Å²) in [5.74, 6) is -1.66. The lowest BCUT2D eigenvalue weighted by Gasteiger charge is -2.28. The fourth-order valence-electron chi connectivity index (χ4n) is 5.19. The Labute approximate surface area is 246 Å². The molecule has 0 bridgehead atoms. The molecule has 1 fully saturated rings. The van der Waals surface area contributed by atoms with Crippen molar-refractivity contribution in [3.63, 3.8) is 0 Å². The van der Waals surface area contributed by atoms with E-state index < -0.39 is 41.9 Å². The minimum Gasteiger partial charge on any atom is -0.467 e. The number of rotatable bonds is 9. The first-order valence-electron chi connectivity index (χ1n) is 13.4. The van der Waals surface area contributed by atoms with Gasteiger partial charge >= 0.3 is 12.0 Å². The quantitative estimate of drug-likeness (QED) is 0.172. The summed E-state index contributed by atoms with van der Waals surface area (Å²) in [4.78, 5) is 58.5. The van der Waals surface area contributed by atoms with Crippen LogP contribution < -0.4 is 16.0 Å². The number of amides is 4. The monoisotopic (exact) mass is 589 g/mol. The fraction of sp³-hybridized carbons (Fsp3) is 0.267. The van der Waals surface area contributed by atoms with Gasteiger partial charge in [-0.25, -0.2) is 9.59 Å². The molecule has 3 atom stereocenters. The Bertz CT molecular complexity index is 1590. The van der Waals surface area contributed by atoms with Crippen LogP contribution in [0.5, 0.6) is 0 Å². The zero-order valence-electron chi connectivity index (χ0n) is 23.1. The molecule has 5 rings (SSSR count). The molecule has 1 aliphatic rings. The van der Waals surface area contributed by atoms with Crippen molar-refractivity contribution in [2.24, 2.45) is 0 Å². The van der Waals surface area contributed by atoms with Crippen LogP contribution in [0.25, 0.3) is 10.9 Å². The Hall–Kier alpha value is -4.71. The molecule has 0 aliphatic carbocycles. The molecule has 2 aromatic heterocycles. The van der Waals surface area contributed by atoms with Gasteiger partial charge in [-0.2, -0.15) is 0 Å². The number of aromatic nitrogens is 1. The first-order valence-corrected chi connectivity index (χ1v) is 14.6. The molecule has 4 N–H and O–H groups in total. The van der Waals surface area contributed by atoms with Gasteiger partial charge in [-0.3, -0.25) is 9.59 Å². The summed E-state index contributed by atoms with van der Waals surface area (Å²) in [5.41, 5.74) is 2.30. The number of aromatic amines is 1. The summed E-state index contributed by atoms with van der Waals surface area (Å²) < 4.78 is 10.3. The van der Waals surface area contributed by atoms with Gasteiger partial charge in [-0.1, -0.05) is 24.3 Å². The van der Waals surface area contributed by atoms with Crippen LogP contribution in [-0.4, -0.2) is 71.7 Å². The Balaban J connectivity index is 1.37. The van der Waals surface area contributed by atoms with Crippen molar-refractivity contribution >= 4 is 52.2 Å². The third kappa shape index (κ3) is 6.28. The highest BCUT2D eigenvalue weighted by Gasteiger charge is 2.44. The zero-order valence-corrected chi connectivity index (χ0v) is 23.9. The van der Waals surface area contributed by atoms with E-state index in [1.165, 1.54) is 24.3 Å². The molecular formula is C30H31N5O6S. The van der Waals surface area contributed by atoms with Crippen molar-refractivity contribution < 1.29 is 28.3 Å². The lowest BCUT2D eigenvalue weighted by atomic mass is 10.0. The van der Waals surface area contributed by atoms with Gasteiger partial charge in [-0.05, 0) is 54.6 Å². The molecule has 4 amide bonds. The standard InChI is InChI=1S/C30H31N5O6S/c1-40-29(38)24(15-18-17-31-22-10-4-3-9-21(18)22)33-27(36)26-23(12-13-35(26)28(37)25-11-6-14-41-25)34-30(39)32-19-7-5-8-20(16-19)42-2/h3-11,14,16-17,23-24,26,31H,12-13,15H2,1-2H3,(H,33,36)(H2,32,34,39)/t23-,24+,26-/m0/s1. The molecule has 218 valence electrons. The molecule has 12 heteroatoms. The van der Waals surface area contributed by atoms with Crippen LogP contribution >= 0.6 is 11.8 Å². The van der Waals surface area contributed by atoms with Gasteiger partial charge in [0.25, 0.3) is 5.91 Å². The lowest BCUT2D eigenvalue weighted by Crippen LogP contribution is -2.58. The number of carbonyl (C=O) groups excluding carboxylic acids is 4. The average Bonchev–Trinajstić information content (AvgIpc) is 3.77. The normalized spacial score (nSPS) is 17.0. The second kappa shape index (κ2) is 12.9. The van der Waals surface area contributed by atoms with Gasteiger partial charge in [0.05, 0.1) is 19.4 Å². The lowest BCUT2D eigenvalue weighted by molar-refractivity contribution is -0.145. The second-order valence-corrected chi connectivity index (χ2v) is 10.7. The first kappa shape index (κ1) is 28.8.